The van der Waals surface area contributed by atoms with Crippen LogP contribution in [0.1, 0.15) is 38.0 Å². The van der Waals surface area contributed by atoms with E-state index in [1.165, 1.54) is 37.5 Å². The summed E-state index contributed by atoms with van der Waals surface area (Å²) in [5, 5.41) is 8.73. The highest BCUT2D eigenvalue weighted by atomic mass is 32.2. The van der Waals surface area contributed by atoms with Crippen molar-refractivity contribution in [2.75, 3.05) is 7.11 Å². The number of furan rings is 2. The fourth-order valence-corrected chi connectivity index (χ4v) is 4.01. The fourth-order valence-electron chi connectivity index (χ4n) is 3.19. The number of ether oxygens (including phenoxy) is 1. The molecule has 9 nitrogen and oxygen atoms in total. The number of esters is 1. The second kappa shape index (κ2) is 8.83. The largest absolute Gasteiger partial charge is 0.478 e. The van der Waals surface area contributed by atoms with Gasteiger partial charge in [0.15, 0.2) is 0 Å². The lowest BCUT2D eigenvalue weighted by Crippen LogP contribution is -2.27. The van der Waals surface area contributed by atoms with Crippen LogP contribution in [0.4, 0.5) is 4.79 Å². The van der Waals surface area contributed by atoms with Crippen LogP contribution in [0.15, 0.2) is 56.2 Å². The number of imide groups is 1. The van der Waals surface area contributed by atoms with Crippen molar-refractivity contribution >= 4 is 40.9 Å². The van der Waals surface area contributed by atoms with Crippen LogP contribution in [0.25, 0.3) is 17.4 Å². The summed E-state index contributed by atoms with van der Waals surface area (Å²) in [6.07, 6.45) is 1.45. The third-order valence-corrected chi connectivity index (χ3v) is 5.79. The van der Waals surface area contributed by atoms with E-state index in [-0.39, 0.29) is 28.5 Å². The predicted octanol–water partition coefficient (Wildman–Crippen LogP) is 4.57. The van der Waals surface area contributed by atoms with Gasteiger partial charge in [0.1, 0.15) is 17.3 Å². The van der Waals surface area contributed by atoms with Gasteiger partial charge in [-0.05, 0) is 60.6 Å². The lowest BCUT2D eigenvalue weighted by molar-refractivity contribution is -0.123. The first kappa shape index (κ1) is 22.2. The molecule has 0 unspecified atom stereocenters. The van der Waals surface area contributed by atoms with Crippen LogP contribution in [0, 0.1) is 6.92 Å². The Morgan fingerprint density at radius 3 is 2.64 bits per heavy atom. The lowest BCUT2D eigenvalue weighted by Gasteiger charge is -2.09. The van der Waals surface area contributed by atoms with E-state index >= 15 is 0 Å². The van der Waals surface area contributed by atoms with Crippen LogP contribution in [-0.4, -0.2) is 40.2 Å². The third-order valence-electron chi connectivity index (χ3n) is 4.89. The van der Waals surface area contributed by atoms with Gasteiger partial charge in [0.05, 0.1) is 24.1 Å². The van der Waals surface area contributed by atoms with E-state index in [0.29, 0.717) is 17.1 Å². The second-order valence-electron chi connectivity index (χ2n) is 7.06. The van der Waals surface area contributed by atoms with Crippen molar-refractivity contribution in [1.29, 1.82) is 0 Å². The number of carbonyl (C=O) groups excluding carboxylic acids is 3. The Morgan fingerprint density at radius 2 is 1.91 bits per heavy atom. The highest BCUT2D eigenvalue weighted by Gasteiger charge is 2.36. The average Bonchev–Trinajstić information content (AvgIpc) is 3.51. The van der Waals surface area contributed by atoms with Crippen molar-refractivity contribution in [2.45, 2.75) is 13.5 Å². The molecule has 3 heterocycles. The Bertz CT molecular complexity index is 1320. The maximum atomic E-state index is 12.7. The number of aromatic carboxylic acids is 1. The highest BCUT2D eigenvalue weighted by Crippen LogP contribution is 2.35. The summed E-state index contributed by atoms with van der Waals surface area (Å²) in [4.78, 5) is 49.1. The number of benzene rings is 1. The molecule has 1 aliphatic heterocycles. The first-order chi connectivity index (χ1) is 15.8. The number of hydrogen-bond donors (Lipinski definition) is 1. The number of aryl methyl sites for hydroxylation is 1. The molecule has 2 aromatic heterocycles. The van der Waals surface area contributed by atoms with Gasteiger partial charge >= 0.3 is 11.9 Å². The number of methoxy groups -OCH3 is 1. The minimum absolute atomic E-state index is 0.0274. The Hall–Kier alpha value is -4.05. The van der Waals surface area contributed by atoms with E-state index in [2.05, 4.69) is 4.74 Å². The van der Waals surface area contributed by atoms with Crippen molar-refractivity contribution in [3.63, 3.8) is 0 Å². The monoisotopic (exact) mass is 467 g/mol. The number of carbonyl (C=O) groups is 4. The minimum Gasteiger partial charge on any atom is -0.478 e. The summed E-state index contributed by atoms with van der Waals surface area (Å²) in [5.41, 5.74) is 1.57. The number of nitrogens with zero attached hydrogens (tertiary/aromatic N) is 1. The van der Waals surface area contributed by atoms with Gasteiger partial charge in [-0.15, -0.1) is 0 Å². The van der Waals surface area contributed by atoms with E-state index in [4.69, 9.17) is 8.83 Å². The summed E-state index contributed by atoms with van der Waals surface area (Å²) < 4.78 is 15.7. The van der Waals surface area contributed by atoms with Gasteiger partial charge in [0, 0.05) is 11.6 Å². The molecule has 0 spiro atoms. The molecular formula is C23H17NO8S. The fraction of sp³-hybridized carbons (Fsp3) is 0.130. The van der Waals surface area contributed by atoms with Gasteiger partial charge in [-0.2, -0.15) is 0 Å². The summed E-state index contributed by atoms with van der Waals surface area (Å²) in [5.74, 6) is -1.23. The number of carboxylic acids is 1. The number of rotatable bonds is 6. The maximum Gasteiger partial charge on any atom is 0.373 e. The van der Waals surface area contributed by atoms with Crippen LogP contribution >= 0.6 is 11.8 Å². The molecule has 168 valence electrons. The van der Waals surface area contributed by atoms with Crippen molar-refractivity contribution < 1.29 is 37.9 Å². The zero-order valence-electron chi connectivity index (χ0n) is 17.5. The lowest BCUT2D eigenvalue weighted by atomic mass is 10.0. The third kappa shape index (κ3) is 4.46. The predicted molar refractivity (Wildman–Crippen MR) is 117 cm³/mol. The van der Waals surface area contributed by atoms with Gasteiger partial charge in [-0.25, -0.2) is 9.59 Å². The first-order valence-electron chi connectivity index (χ1n) is 9.63. The number of hydrogen-bond acceptors (Lipinski definition) is 8. The Labute approximate surface area is 191 Å². The van der Waals surface area contributed by atoms with Gasteiger partial charge in [0.25, 0.3) is 11.1 Å². The van der Waals surface area contributed by atoms with E-state index in [9.17, 15) is 24.3 Å². The van der Waals surface area contributed by atoms with Crippen LogP contribution in [0.5, 0.6) is 0 Å². The zero-order chi connectivity index (χ0) is 23.7. The van der Waals surface area contributed by atoms with Gasteiger partial charge < -0.3 is 18.7 Å². The van der Waals surface area contributed by atoms with E-state index in [1.54, 1.807) is 18.2 Å². The summed E-state index contributed by atoms with van der Waals surface area (Å²) in [6.45, 7) is 1.69. The van der Waals surface area contributed by atoms with Crippen molar-refractivity contribution in [2.24, 2.45) is 0 Å². The van der Waals surface area contributed by atoms with Crippen molar-refractivity contribution in [1.82, 2.24) is 4.90 Å². The molecule has 1 fully saturated rings. The molecule has 4 rings (SSSR count). The summed E-state index contributed by atoms with van der Waals surface area (Å²) in [6, 6.07) is 10.9. The molecule has 3 aromatic rings. The van der Waals surface area contributed by atoms with Crippen LogP contribution in [0.2, 0.25) is 0 Å². The summed E-state index contributed by atoms with van der Waals surface area (Å²) >= 11 is 0.756. The molecule has 1 aliphatic rings. The molecule has 0 aliphatic carbocycles. The molecule has 1 saturated heterocycles. The van der Waals surface area contributed by atoms with E-state index < -0.39 is 23.1 Å². The van der Waals surface area contributed by atoms with Gasteiger partial charge in [0.2, 0.25) is 5.76 Å². The van der Waals surface area contributed by atoms with E-state index in [1.807, 2.05) is 6.92 Å². The average molecular weight is 467 g/mol. The molecule has 0 radical (unpaired) electrons. The van der Waals surface area contributed by atoms with Crippen LogP contribution in [0.3, 0.4) is 0 Å². The van der Waals surface area contributed by atoms with Crippen LogP contribution < -0.4 is 0 Å². The van der Waals surface area contributed by atoms with Gasteiger partial charge in [-0.3, -0.25) is 14.5 Å². The highest BCUT2D eigenvalue weighted by molar-refractivity contribution is 8.18. The number of thioether (sulfide) groups is 1. The Balaban J connectivity index is 1.53. The quantitative estimate of drug-likeness (QED) is 0.409. The number of carboxylic acid groups (broad SMARTS) is 1. The Morgan fingerprint density at radius 1 is 1.12 bits per heavy atom. The standard InChI is InChI=1S/C23H17NO8S/c1-12-3-4-13(21(26)27)9-16(12)17-7-5-14(31-17)10-19-20(25)24(23(29)33-19)11-15-6-8-18(32-15)22(28)30-2/h3-10H,11H2,1-2H3,(H,26,27)/b19-10+. The van der Waals surface area contributed by atoms with Crippen LogP contribution in [-0.2, 0) is 16.1 Å². The van der Waals surface area contributed by atoms with E-state index in [0.717, 1.165) is 22.2 Å². The molecule has 0 saturated carbocycles. The topological polar surface area (TPSA) is 127 Å². The molecule has 10 heteroatoms. The molecule has 0 bridgehead atoms. The molecule has 1 aromatic carbocycles. The van der Waals surface area contributed by atoms with Crippen molar-refractivity contribution in [3.05, 3.63) is 75.8 Å². The zero-order valence-corrected chi connectivity index (χ0v) is 18.3. The smallest absolute Gasteiger partial charge is 0.373 e. The molecule has 2 amide bonds. The molecule has 0 atom stereocenters. The first-order valence-corrected chi connectivity index (χ1v) is 10.4. The number of amides is 2. The second-order valence-corrected chi connectivity index (χ2v) is 8.06. The SMILES string of the molecule is COC(=O)c1ccc(CN2C(=O)S/C(=C/c3ccc(-c4cc(C(=O)O)ccc4C)o3)C2=O)o1. The summed E-state index contributed by atoms with van der Waals surface area (Å²) in [7, 11) is 1.22. The maximum absolute atomic E-state index is 12.7. The molecule has 33 heavy (non-hydrogen) atoms. The Kier molecular flexibility index (Phi) is 5.93. The van der Waals surface area contributed by atoms with Gasteiger partial charge in [-0.1, -0.05) is 6.07 Å². The molecule has 1 N–H and O–H groups in total. The normalized spacial score (nSPS) is 14.8. The minimum atomic E-state index is -1.05. The molecular weight excluding hydrogens is 450 g/mol. The van der Waals surface area contributed by atoms with Crippen molar-refractivity contribution in [3.8, 4) is 11.3 Å².